The minimum Gasteiger partial charge on any atom is -0.494 e. The maximum absolute atomic E-state index is 14.2. The van der Waals surface area contributed by atoms with Crippen molar-refractivity contribution in [2.24, 2.45) is 0 Å². The van der Waals surface area contributed by atoms with Crippen molar-refractivity contribution in [3.63, 3.8) is 0 Å². The van der Waals surface area contributed by atoms with Crippen molar-refractivity contribution in [1.82, 2.24) is 10.2 Å². The first-order valence-electron chi connectivity index (χ1n) is 14.7. The molecule has 0 aliphatic heterocycles. The largest absolute Gasteiger partial charge is 0.494 e. The van der Waals surface area contributed by atoms with E-state index in [0.29, 0.717) is 18.0 Å². The van der Waals surface area contributed by atoms with Gasteiger partial charge in [0, 0.05) is 17.1 Å². The van der Waals surface area contributed by atoms with Crippen molar-refractivity contribution in [3.8, 4) is 5.75 Å². The van der Waals surface area contributed by atoms with Gasteiger partial charge >= 0.3 is 0 Å². The molecule has 230 valence electrons. The highest BCUT2D eigenvalue weighted by molar-refractivity contribution is 9.10. The SMILES string of the molecule is CCOc1ccc(N(CC(=O)N(Cc2cccc(Br)c2)[C@@H](C)C(=O)NC2CCCCC2)S(=O)(=O)c2ccc(C)cc2)cc1. The second-order valence-corrected chi connectivity index (χ2v) is 13.7. The molecule has 1 fully saturated rings. The maximum atomic E-state index is 14.2. The van der Waals surface area contributed by atoms with Crippen LogP contribution < -0.4 is 14.4 Å². The standard InChI is InChI=1S/C33H40BrN3O5S/c1-4-42-30-17-15-29(16-18-30)37(43(40,41)31-19-13-24(2)14-20-31)23-32(38)36(22-26-9-8-10-27(34)21-26)25(3)33(39)35-28-11-6-5-7-12-28/h8-10,13-21,25,28H,4-7,11-12,22-23H2,1-3H3,(H,35,39)/t25-/m0/s1. The summed E-state index contributed by atoms with van der Waals surface area (Å²) in [4.78, 5) is 29.2. The van der Waals surface area contributed by atoms with Gasteiger partial charge < -0.3 is 15.0 Å². The molecule has 1 aliphatic rings. The molecule has 0 aromatic heterocycles. The van der Waals surface area contributed by atoms with Crippen LogP contribution in [-0.4, -0.2) is 50.4 Å². The summed E-state index contributed by atoms with van der Waals surface area (Å²) in [6, 6.07) is 19.9. The number of hydrogen-bond donors (Lipinski definition) is 1. The van der Waals surface area contributed by atoms with Crippen LogP contribution in [0.15, 0.2) is 82.2 Å². The number of carbonyl (C=O) groups excluding carboxylic acids is 2. The number of hydrogen-bond acceptors (Lipinski definition) is 5. The first-order chi connectivity index (χ1) is 20.6. The zero-order valence-electron chi connectivity index (χ0n) is 25.0. The van der Waals surface area contributed by atoms with E-state index in [2.05, 4.69) is 21.2 Å². The van der Waals surface area contributed by atoms with Crippen LogP contribution in [0.2, 0.25) is 0 Å². The number of ether oxygens (including phenoxy) is 1. The smallest absolute Gasteiger partial charge is 0.264 e. The topological polar surface area (TPSA) is 96.0 Å². The number of sulfonamides is 1. The van der Waals surface area contributed by atoms with E-state index in [9.17, 15) is 18.0 Å². The van der Waals surface area contributed by atoms with Crippen LogP contribution in [-0.2, 0) is 26.2 Å². The van der Waals surface area contributed by atoms with Gasteiger partial charge in [0.2, 0.25) is 11.8 Å². The van der Waals surface area contributed by atoms with Crippen LogP contribution in [0, 0.1) is 6.92 Å². The Balaban J connectivity index is 1.68. The van der Waals surface area contributed by atoms with Gasteiger partial charge in [0.15, 0.2) is 0 Å². The molecule has 1 saturated carbocycles. The Morgan fingerprint density at radius 3 is 2.30 bits per heavy atom. The normalized spacial score (nSPS) is 14.5. The molecule has 2 amide bonds. The number of carbonyl (C=O) groups is 2. The van der Waals surface area contributed by atoms with E-state index in [1.807, 2.05) is 38.1 Å². The van der Waals surface area contributed by atoms with E-state index in [0.717, 1.165) is 52.0 Å². The molecule has 1 atom stereocenters. The molecule has 0 unspecified atom stereocenters. The summed E-state index contributed by atoms with van der Waals surface area (Å²) >= 11 is 3.49. The lowest BCUT2D eigenvalue weighted by Gasteiger charge is -2.33. The Hall–Kier alpha value is -3.37. The van der Waals surface area contributed by atoms with Gasteiger partial charge in [0.1, 0.15) is 18.3 Å². The average Bonchev–Trinajstić information content (AvgIpc) is 2.99. The molecular weight excluding hydrogens is 630 g/mol. The Kier molecular flexibility index (Phi) is 11.3. The maximum Gasteiger partial charge on any atom is 0.264 e. The van der Waals surface area contributed by atoms with Gasteiger partial charge in [-0.1, -0.05) is 65.0 Å². The first kappa shape index (κ1) is 32.5. The van der Waals surface area contributed by atoms with Crippen LogP contribution >= 0.6 is 15.9 Å². The lowest BCUT2D eigenvalue weighted by atomic mass is 9.95. The fourth-order valence-corrected chi connectivity index (χ4v) is 7.09. The Bertz CT molecular complexity index is 1490. The fourth-order valence-electron chi connectivity index (χ4n) is 5.22. The Morgan fingerprint density at radius 1 is 1.00 bits per heavy atom. The Morgan fingerprint density at radius 2 is 1.67 bits per heavy atom. The van der Waals surface area contributed by atoms with Gasteiger partial charge in [-0.25, -0.2) is 8.42 Å². The van der Waals surface area contributed by atoms with Crippen molar-refractivity contribution < 1.29 is 22.7 Å². The summed E-state index contributed by atoms with van der Waals surface area (Å²) < 4.78 is 35.5. The Labute approximate surface area is 263 Å². The highest BCUT2D eigenvalue weighted by atomic mass is 79.9. The average molecular weight is 671 g/mol. The summed E-state index contributed by atoms with van der Waals surface area (Å²) in [6.07, 6.45) is 5.12. The second-order valence-electron chi connectivity index (χ2n) is 10.9. The molecule has 3 aromatic rings. The fraction of sp³-hybridized carbons (Fsp3) is 0.394. The zero-order chi connectivity index (χ0) is 31.0. The number of nitrogens with zero attached hydrogens (tertiary/aromatic N) is 2. The first-order valence-corrected chi connectivity index (χ1v) is 17.0. The molecule has 10 heteroatoms. The van der Waals surface area contributed by atoms with E-state index in [1.165, 1.54) is 17.0 Å². The molecule has 0 bridgehead atoms. The second kappa shape index (κ2) is 14.9. The summed E-state index contributed by atoms with van der Waals surface area (Å²) in [5, 5.41) is 3.13. The van der Waals surface area contributed by atoms with E-state index in [1.54, 1.807) is 43.3 Å². The van der Waals surface area contributed by atoms with Crippen LogP contribution in [0.5, 0.6) is 5.75 Å². The third-order valence-electron chi connectivity index (χ3n) is 7.68. The predicted octanol–water partition coefficient (Wildman–Crippen LogP) is 6.22. The lowest BCUT2D eigenvalue weighted by Crippen LogP contribution is -2.53. The van der Waals surface area contributed by atoms with Gasteiger partial charge in [0.25, 0.3) is 10.0 Å². The van der Waals surface area contributed by atoms with Gasteiger partial charge in [-0.05, 0) is 87.7 Å². The van der Waals surface area contributed by atoms with Crippen LogP contribution in [0.4, 0.5) is 5.69 Å². The molecule has 0 radical (unpaired) electrons. The molecule has 1 aliphatic carbocycles. The van der Waals surface area contributed by atoms with Gasteiger partial charge in [0.05, 0.1) is 17.2 Å². The molecular formula is C33H40BrN3O5S. The molecule has 0 heterocycles. The third-order valence-corrected chi connectivity index (χ3v) is 9.97. The number of halogens is 1. The lowest BCUT2D eigenvalue weighted by molar-refractivity contribution is -0.139. The van der Waals surface area contributed by atoms with Crippen LogP contribution in [0.1, 0.15) is 57.1 Å². The predicted molar refractivity (Wildman–Crippen MR) is 172 cm³/mol. The zero-order valence-corrected chi connectivity index (χ0v) is 27.4. The van der Waals surface area contributed by atoms with Crippen molar-refractivity contribution in [2.45, 2.75) is 76.4 Å². The monoisotopic (exact) mass is 669 g/mol. The minimum absolute atomic E-state index is 0.0708. The molecule has 0 saturated heterocycles. The molecule has 1 N–H and O–H groups in total. The van der Waals surface area contributed by atoms with Gasteiger partial charge in [-0.15, -0.1) is 0 Å². The van der Waals surface area contributed by atoms with Crippen molar-refractivity contribution in [1.29, 1.82) is 0 Å². The van der Waals surface area contributed by atoms with Crippen molar-refractivity contribution in [2.75, 3.05) is 17.5 Å². The number of amides is 2. The minimum atomic E-state index is -4.14. The molecule has 8 nitrogen and oxygen atoms in total. The summed E-state index contributed by atoms with van der Waals surface area (Å²) in [5.41, 5.74) is 2.05. The molecule has 0 spiro atoms. The van der Waals surface area contributed by atoms with Crippen molar-refractivity contribution in [3.05, 3.63) is 88.4 Å². The number of anilines is 1. The van der Waals surface area contributed by atoms with Crippen molar-refractivity contribution >= 4 is 43.5 Å². The number of rotatable bonds is 12. The van der Waals surface area contributed by atoms with E-state index in [4.69, 9.17) is 4.74 Å². The quantitative estimate of drug-likeness (QED) is 0.247. The molecule has 3 aromatic carbocycles. The number of benzene rings is 3. The summed E-state index contributed by atoms with van der Waals surface area (Å²) in [6.45, 7) is 5.56. The van der Waals surface area contributed by atoms with E-state index in [-0.39, 0.29) is 23.4 Å². The highest BCUT2D eigenvalue weighted by Crippen LogP contribution is 2.27. The van der Waals surface area contributed by atoms with Crippen LogP contribution in [0.3, 0.4) is 0 Å². The van der Waals surface area contributed by atoms with Gasteiger partial charge in [-0.2, -0.15) is 0 Å². The molecule has 4 rings (SSSR count). The van der Waals surface area contributed by atoms with Crippen LogP contribution in [0.25, 0.3) is 0 Å². The third kappa shape index (κ3) is 8.60. The van der Waals surface area contributed by atoms with Gasteiger partial charge in [-0.3, -0.25) is 13.9 Å². The number of nitrogens with one attached hydrogen (secondary N) is 1. The van der Waals surface area contributed by atoms with E-state index < -0.39 is 28.5 Å². The summed E-state index contributed by atoms with van der Waals surface area (Å²) in [5.74, 6) is -0.144. The summed E-state index contributed by atoms with van der Waals surface area (Å²) in [7, 11) is -4.14. The number of aryl methyl sites for hydroxylation is 1. The van der Waals surface area contributed by atoms with E-state index >= 15 is 0 Å². The highest BCUT2D eigenvalue weighted by Gasteiger charge is 2.33. The molecule has 43 heavy (non-hydrogen) atoms.